The Hall–Kier alpha value is -2.42. The lowest BCUT2D eigenvalue weighted by atomic mass is 9.94. The summed E-state index contributed by atoms with van der Waals surface area (Å²) < 4.78 is 3.80. The Bertz CT molecular complexity index is 1240. The first-order chi connectivity index (χ1) is 12.8. The number of halogens is 1. The van der Waals surface area contributed by atoms with Gasteiger partial charge in [-0.3, -0.25) is 0 Å². The zero-order chi connectivity index (χ0) is 17.5. The van der Waals surface area contributed by atoms with Crippen LogP contribution in [0.5, 0.6) is 0 Å². The molecule has 0 aliphatic carbocycles. The zero-order valence-corrected chi connectivity index (χ0v) is 16.3. The van der Waals surface area contributed by atoms with Crippen LogP contribution in [0.25, 0.3) is 42.4 Å². The van der Waals surface area contributed by atoms with Crippen molar-refractivity contribution in [1.29, 1.82) is 0 Å². The van der Waals surface area contributed by atoms with Gasteiger partial charge >= 0.3 is 0 Å². The monoisotopic (exact) mass is 414 g/mol. The maximum Gasteiger partial charge on any atom is 0.0355 e. The van der Waals surface area contributed by atoms with E-state index in [4.69, 9.17) is 0 Å². The van der Waals surface area contributed by atoms with Gasteiger partial charge < -0.3 is 0 Å². The van der Waals surface area contributed by atoms with Crippen molar-refractivity contribution in [2.24, 2.45) is 0 Å². The highest BCUT2D eigenvalue weighted by atomic mass is 79.9. The first-order valence-corrected chi connectivity index (χ1v) is 10.2. The van der Waals surface area contributed by atoms with Crippen LogP contribution in [0, 0.1) is 0 Å². The highest BCUT2D eigenvalue weighted by molar-refractivity contribution is 9.10. The Labute approximate surface area is 164 Å². The second kappa shape index (κ2) is 6.39. The number of benzene rings is 4. The molecule has 0 N–H and O–H groups in total. The lowest BCUT2D eigenvalue weighted by Gasteiger charge is -2.13. The van der Waals surface area contributed by atoms with Crippen molar-refractivity contribution in [3.8, 4) is 22.3 Å². The van der Waals surface area contributed by atoms with Crippen molar-refractivity contribution in [2.75, 3.05) is 0 Å². The molecule has 5 aromatic rings. The molecule has 0 bridgehead atoms. The van der Waals surface area contributed by atoms with Crippen molar-refractivity contribution in [3.05, 3.63) is 95.5 Å². The van der Waals surface area contributed by atoms with Gasteiger partial charge in [-0.1, -0.05) is 82.7 Å². The smallest absolute Gasteiger partial charge is 0.0355 e. The molecule has 0 radical (unpaired) electrons. The number of fused-ring (bicyclic) bond motifs is 3. The zero-order valence-electron chi connectivity index (χ0n) is 13.9. The summed E-state index contributed by atoms with van der Waals surface area (Å²) in [6.45, 7) is 0. The van der Waals surface area contributed by atoms with E-state index in [9.17, 15) is 0 Å². The lowest BCUT2D eigenvalue weighted by Crippen LogP contribution is -1.87. The van der Waals surface area contributed by atoms with Crippen LogP contribution >= 0.6 is 27.3 Å². The van der Waals surface area contributed by atoms with Gasteiger partial charge in [0.05, 0.1) is 0 Å². The van der Waals surface area contributed by atoms with E-state index in [1.165, 1.54) is 42.4 Å². The predicted octanol–water partition coefficient (Wildman–Crippen LogP) is 8.15. The van der Waals surface area contributed by atoms with E-state index in [1.54, 1.807) is 0 Å². The topological polar surface area (TPSA) is 0 Å². The Morgan fingerprint density at radius 2 is 1.35 bits per heavy atom. The lowest BCUT2D eigenvalue weighted by molar-refractivity contribution is 1.57. The third-order valence-corrected chi connectivity index (χ3v) is 6.58. The van der Waals surface area contributed by atoms with Gasteiger partial charge in [-0.25, -0.2) is 0 Å². The van der Waals surface area contributed by atoms with E-state index in [0.29, 0.717) is 0 Å². The fourth-order valence-electron chi connectivity index (χ4n) is 3.56. The minimum Gasteiger partial charge on any atom is -0.135 e. The summed E-state index contributed by atoms with van der Waals surface area (Å²) >= 11 is 5.65. The first kappa shape index (κ1) is 15.8. The molecule has 0 unspecified atom stereocenters. The summed E-state index contributed by atoms with van der Waals surface area (Å²) in [5.74, 6) is 0. The van der Waals surface area contributed by atoms with E-state index in [1.807, 2.05) is 11.3 Å². The molecule has 0 spiro atoms. The van der Waals surface area contributed by atoms with Gasteiger partial charge in [-0.15, -0.1) is 11.3 Å². The van der Waals surface area contributed by atoms with Crippen LogP contribution in [-0.2, 0) is 0 Å². The third-order valence-electron chi connectivity index (χ3n) is 4.76. The molecule has 26 heavy (non-hydrogen) atoms. The number of hydrogen-bond acceptors (Lipinski definition) is 1. The van der Waals surface area contributed by atoms with Crippen LogP contribution in [0.15, 0.2) is 95.5 Å². The summed E-state index contributed by atoms with van der Waals surface area (Å²) in [5.41, 5.74) is 4.97. The Morgan fingerprint density at radius 3 is 2.23 bits per heavy atom. The highest BCUT2D eigenvalue weighted by Gasteiger charge is 2.13. The number of hydrogen-bond donors (Lipinski definition) is 0. The van der Waals surface area contributed by atoms with Crippen molar-refractivity contribution in [1.82, 2.24) is 0 Å². The van der Waals surface area contributed by atoms with E-state index in [2.05, 4.69) is 107 Å². The normalized spacial score (nSPS) is 11.3. The highest BCUT2D eigenvalue weighted by Crippen LogP contribution is 2.41. The van der Waals surface area contributed by atoms with Gasteiger partial charge in [0, 0.05) is 30.2 Å². The molecule has 0 aliphatic rings. The molecule has 1 heterocycles. The standard InChI is InChI=1S/C24H15BrS/c25-21-11-6-10-18(16-7-2-1-3-8-16)24(21)17-13-14-23-20(15-17)19-9-4-5-12-22(19)26-23/h1-15H. The first-order valence-electron chi connectivity index (χ1n) is 8.57. The SMILES string of the molecule is Brc1cccc(-c2ccccc2)c1-c1ccc2sc3ccccc3c2c1. The molecule has 2 heteroatoms. The molecule has 0 nitrogen and oxygen atoms in total. The summed E-state index contributed by atoms with van der Waals surface area (Å²) in [6, 6.07) is 32.5. The van der Waals surface area contributed by atoms with Crippen molar-refractivity contribution in [3.63, 3.8) is 0 Å². The molecule has 0 aliphatic heterocycles. The van der Waals surface area contributed by atoms with Gasteiger partial charge in [0.15, 0.2) is 0 Å². The molecule has 0 saturated carbocycles. The molecular weight excluding hydrogens is 400 g/mol. The Balaban J connectivity index is 1.79. The molecule has 0 saturated heterocycles. The van der Waals surface area contributed by atoms with Gasteiger partial charge in [0.2, 0.25) is 0 Å². The van der Waals surface area contributed by atoms with Crippen LogP contribution < -0.4 is 0 Å². The molecular formula is C24H15BrS. The van der Waals surface area contributed by atoms with Crippen LogP contribution in [0.2, 0.25) is 0 Å². The Kier molecular flexibility index (Phi) is 3.88. The maximum absolute atomic E-state index is 3.79. The quantitative estimate of drug-likeness (QED) is 0.273. The second-order valence-corrected chi connectivity index (χ2v) is 8.28. The minimum atomic E-state index is 1.12. The van der Waals surface area contributed by atoms with Gasteiger partial charge in [0.1, 0.15) is 0 Å². The largest absolute Gasteiger partial charge is 0.135 e. The summed E-state index contributed by atoms with van der Waals surface area (Å²) in [4.78, 5) is 0. The molecule has 1 aromatic heterocycles. The minimum absolute atomic E-state index is 1.12. The Morgan fingerprint density at radius 1 is 0.577 bits per heavy atom. The average molecular weight is 415 g/mol. The predicted molar refractivity (Wildman–Crippen MR) is 118 cm³/mol. The molecule has 0 amide bonds. The molecule has 124 valence electrons. The fraction of sp³-hybridized carbons (Fsp3) is 0. The number of rotatable bonds is 2. The van der Waals surface area contributed by atoms with Gasteiger partial charge in [-0.05, 0) is 41.0 Å². The summed E-state index contributed by atoms with van der Waals surface area (Å²) in [7, 11) is 0. The van der Waals surface area contributed by atoms with Crippen LogP contribution in [-0.4, -0.2) is 0 Å². The summed E-state index contributed by atoms with van der Waals surface area (Å²) in [6.07, 6.45) is 0. The molecule has 0 fully saturated rings. The van der Waals surface area contributed by atoms with E-state index < -0.39 is 0 Å². The van der Waals surface area contributed by atoms with Gasteiger partial charge in [0.25, 0.3) is 0 Å². The van der Waals surface area contributed by atoms with Gasteiger partial charge in [-0.2, -0.15) is 0 Å². The third kappa shape index (κ3) is 2.57. The van der Waals surface area contributed by atoms with E-state index in [0.717, 1.165) is 4.47 Å². The average Bonchev–Trinajstić information content (AvgIpc) is 3.06. The van der Waals surface area contributed by atoms with Crippen LogP contribution in [0.4, 0.5) is 0 Å². The fourth-order valence-corrected chi connectivity index (χ4v) is 5.24. The molecule has 0 atom stereocenters. The maximum atomic E-state index is 3.79. The molecule has 5 rings (SSSR count). The van der Waals surface area contributed by atoms with E-state index in [-0.39, 0.29) is 0 Å². The molecule has 4 aromatic carbocycles. The second-order valence-electron chi connectivity index (χ2n) is 6.34. The van der Waals surface area contributed by atoms with Crippen molar-refractivity contribution < 1.29 is 0 Å². The van der Waals surface area contributed by atoms with Crippen LogP contribution in [0.1, 0.15) is 0 Å². The van der Waals surface area contributed by atoms with E-state index >= 15 is 0 Å². The van der Waals surface area contributed by atoms with Crippen molar-refractivity contribution >= 4 is 47.4 Å². The number of thiophene rings is 1. The van der Waals surface area contributed by atoms with Crippen molar-refractivity contribution in [2.45, 2.75) is 0 Å². The van der Waals surface area contributed by atoms with Crippen LogP contribution in [0.3, 0.4) is 0 Å². The summed E-state index contributed by atoms with van der Waals surface area (Å²) in [5, 5.41) is 2.67.